The average molecular weight is 255 g/mol. The summed E-state index contributed by atoms with van der Waals surface area (Å²) < 4.78 is 0. The number of rotatable bonds is 6. The van der Waals surface area contributed by atoms with E-state index in [9.17, 15) is 9.59 Å². The van der Waals surface area contributed by atoms with Crippen molar-refractivity contribution in [2.45, 2.75) is 12.5 Å². The first-order valence-corrected chi connectivity index (χ1v) is 6.33. The highest BCUT2D eigenvalue weighted by atomic mass is 32.2. The summed E-state index contributed by atoms with van der Waals surface area (Å²) in [6, 6.07) is -0.892. The molecule has 0 aliphatic carbocycles. The number of carbonyl (C=O) groups is 2. The van der Waals surface area contributed by atoms with Gasteiger partial charge < -0.3 is 10.4 Å². The van der Waals surface area contributed by atoms with Crippen molar-refractivity contribution in [2.75, 3.05) is 12.0 Å². The number of nitrogens with one attached hydrogen (secondary N) is 1. The van der Waals surface area contributed by atoms with Crippen molar-refractivity contribution >= 4 is 23.6 Å². The van der Waals surface area contributed by atoms with Gasteiger partial charge >= 0.3 is 5.97 Å². The maximum Gasteiger partial charge on any atom is 0.326 e. The zero-order valence-corrected chi connectivity index (χ0v) is 10.1. The summed E-state index contributed by atoms with van der Waals surface area (Å²) in [6.07, 6.45) is 6.38. The molecule has 0 fully saturated rings. The first-order valence-electron chi connectivity index (χ1n) is 4.93. The largest absolute Gasteiger partial charge is 0.480 e. The molecule has 0 aliphatic rings. The minimum absolute atomic E-state index is 0.114. The topological polar surface area (TPSA) is 92.2 Å². The molecule has 7 heteroatoms. The Morgan fingerprint density at radius 2 is 2.29 bits per heavy atom. The van der Waals surface area contributed by atoms with Gasteiger partial charge in [-0.1, -0.05) is 0 Å². The van der Waals surface area contributed by atoms with Crippen molar-refractivity contribution in [3.8, 4) is 0 Å². The minimum atomic E-state index is -1.05. The molecule has 0 saturated heterocycles. The van der Waals surface area contributed by atoms with E-state index < -0.39 is 17.9 Å². The molecule has 1 heterocycles. The Morgan fingerprint density at radius 3 is 2.82 bits per heavy atom. The molecule has 0 unspecified atom stereocenters. The first-order chi connectivity index (χ1) is 8.15. The van der Waals surface area contributed by atoms with Crippen LogP contribution in [0.1, 0.15) is 16.9 Å². The third-order valence-electron chi connectivity index (χ3n) is 2.01. The number of carboxylic acid groups (broad SMARTS) is 1. The lowest BCUT2D eigenvalue weighted by Crippen LogP contribution is -2.41. The van der Waals surface area contributed by atoms with Crippen LogP contribution in [0.2, 0.25) is 0 Å². The monoisotopic (exact) mass is 255 g/mol. The zero-order valence-electron chi connectivity index (χ0n) is 9.29. The second-order valence-electron chi connectivity index (χ2n) is 3.24. The Hall–Kier alpha value is -1.63. The molecule has 6 nitrogen and oxygen atoms in total. The van der Waals surface area contributed by atoms with Gasteiger partial charge in [0.25, 0.3) is 5.91 Å². The Kier molecular flexibility index (Phi) is 5.41. The van der Waals surface area contributed by atoms with Crippen LogP contribution in [0.25, 0.3) is 0 Å². The molecule has 1 atom stereocenters. The fraction of sp³-hybridized carbons (Fsp3) is 0.400. The quantitative estimate of drug-likeness (QED) is 0.765. The highest BCUT2D eigenvalue weighted by Gasteiger charge is 2.20. The molecule has 92 valence electrons. The van der Waals surface area contributed by atoms with E-state index in [0.29, 0.717) is 12.2 Å². The van der Waals surface area contributed by atoms with Crippen molar-refractivity contribution in [3.05, 3.63) is 24.3 Å². The van der Waals surface area contributed by atoms with Gasteiger partial charge in [0.05, 0.1) is 6.20 Å². The average Bonchev–Trinajstić information content (AvgIpc) is 2.35. The molecule has 0 saturated carbocycles. The van der Waals surface area contributed by atoms with E-state index in [2.05, 4.69) is 15.3 Å². The summed E-state index contributed by atoms with van der Waals surface area (Å²) in [5.74, 6) is -0.902. The van der Waals surface area contributed by atoms with Crippen LogP contribution in [-0.4, -0.2) is 45.0 Å². The zero-order chi connectivity index (χ0) is 12.7. The maximum atomic E-state index is 11.6. The summed E-state index contributed by atoms with van der Waals surface area (Å²) >= 11 is 1.53. The van der Waals surface area contributed by atoms with Crippen molar-refractivity contribution < 1.29 is 14.7 Å². The lowest BCUT2D eigenvalue weighted by molar-refractivity contribution is -0.139. The van der Waals surface area contributed by atoms with Crippen molar-refractivity contribution in [1.29, 1.82) is 0 Å². The molecule has 1 aromatic heterocycles. The number of carbonyl (C=O) groups excluding carboxylic acids is 1. The number of thioether (sulfide) groups is 1. The van der Waals surface area contributed by atoms with Gasteiger partial charge in [-0.25, -0.2) is 9.78 Å². The molecule has 0 aromatic carbocycles. The Labute approximate surface area is 103 Å². The van der Waals surface area contributed by atoms with E-state index in [1.165, 1.54) is 30.4 Å². The SMILES string of the molecule is CSCC[C@@H](NC(=O)c1cnccn1)C(=O)O. The van der Waals surface area contributed by atoms with E-state index in [0.717, 1.165) is 0 Å². The first kappa shape index (κ1) is 13.4. The summed E-state index contributed by atoms with van der Waals surface area (Å²) in [6.45, 7) is 0. The fourth-order valence-corrected chi connectivity index (χ4v) is 1.61. The summed E-state index contributed by atoms with van der Waals surface area (Å²) in [5, 5.41) is 11.3. The fourth-order valence-electron chi connectivity index (χ4n) is 1.14. The highest BCUT2D eigenvalue weighted by Crippen LogP contribution is 2.02. The molecule has 2 N–H and O–H groups in total. The Morgan fingerprint density at radius 1 is 1.53 bits per heavy atom. The highest BCUT2D eigenvalue weighted by molar-refractivity contribution is 7.98. The van der Waals surface area contributed by atoms with Gasteiger partial charge in [-0.15, -0.1) is 0 Å². The number of nitrogens with zero attached hydrogens (tertiary/aromatic N) is 2. The van der Waals surface area contributed by atoms with Gasteiger partial charge in [0.15, 0.2) is 0 Å². The van der Waals surface area contributed by atoms with E-state index in [1.54, 1.807) is 0 Å². The second-order valence-corrected chi connectivity index (χ2v) is 4.22. The smallest absolute Gasteiger partial charge is 0.326 e. The maximum absolute atomic E-state index is 11.6. The van der Waals surface area contributed by atoms with Crippen molar-refractivity contribution in [3.63, 3.8) is 0 Å². The summed E-state index contributed by atoms with van der Waals surface area (Å²) in [5.41, 5.74) is 0.114. The van der Waals surface area contributed by atoms with E-state index in [4.69, 9.17) is 5.11 Å². The molecule has 0 aliphatic heterocycles. The lowest BCUT2D eigenvalue weighted by Gasteiger charge is -2.13. The van der Waals surface area contributed by atoms with Crippen LogP contribution in [0, 0.1) is 0 Å². The van der Waals surface area contributed by atoms with Crippen LogP contribution in [-0.2, 0) is 4.79 Å². The van der Waals surface area contributed by atoms with E-state index >= 15 is 0 Å². The Balaban J connectivity index is 2.61. The van der Waals surface area contributed by atoms with Gasteiger partial charge in [-0.3, -0.25) is 9.78 Å². The molecule has 17 heavy (non-hydrogen) atoms. The second kappa shape index (κ2) is 6.85. The molecule has 1 rings (SSSR count). The van der Waals surface area contributed by atoms with Crippen LogP contribution in [0.5, 0.6) is 0 Å². The predicted octanol–water partition coefficient (Wildman–Crippen LogP) is 0.413. The minimum Gasteiger partial charge on any atom is -0.480 e. The number of amides is 1. The van der Waals surface area contributed by atoms with Crippen LogP contribution >= 0.6 is 11.8 Å². The number of hydrogen-bond acceptors (Lipinski definition) is 5. The molecular formula is C10H13N3O3S. The standard InChI is InChI=1S/C10H13N3O3S/c1-17-5-2-7(10(15)16)13-9(14)8-6-11-3-4-12-8/h3-4,6-7H,2,5H2,1H3,(H,13,14)(H,15,16)/t7-/m1/s1. The van der Waals surface area contributed by atoms with Gasteiger partial charge in [0.1, 0.15) is 11.7 Å². The van der Waals surface area contributed by atoms with E-state index in [-0.39, 0.29) is 5.69 Å². The normalized spacial score (nSPS) is 11.8. The summed E-state index contributed by atoms with van der Waals surface area (Å²) in [4.78, 5) is 30.1. The molecule has 1 amide bonds. The molecule has 0 radical (unpaired) electrons. The summed E-state index contributed by atoms with van der Waals surface area (Å²) in [7, 11) is 0. The predicted molar refractivity (Wildman–Crippen MR) is 63.9 cm³/mol. The van der Waals surface area contributed by atoms with Crippen LogP contribution in [0.15, 0.2) is 18.6 Å². The molecule has 0 bridgehead atoms. The van der Waals surface area contributed by atoms with Gasteiger partial charge in [-0.2, -0.15) is 11.8 Å². The van der Waals surface area contributed by atoms with Crippen LogP contribution in [0.4, 0.5) is 0 Å². The number of carboxylic acids is 1. The molecule has 1 aromatic rings. The third kappa shape index (κ3) is 4.39. The van der Waals surface area contributed by atoms with Gasteiger partial charge in [0.2, 0.25) is 0 Å². The van der Waals surface area contributed by atoms with Crippen LogP contribution < -0.4 is 5.32 Å². The molecular weight excluding hydrogens is 242 g/mol. The van der Waals surface area contributed by atoms with Crippen molar-refractivity contribution in [2.24, 2.45) is 0 Å². The third-order valence-corrected chi connectivity index (χ3v) is 2.65. The van der Waals surface area contributed by atoms with E-state index in [1.807, 2.05) is 6.26 Å². The number of hydrogen-bond donors (Lipinski definition) is 2. The van der Waals surface area contributed by atoms with Gasteiger partial charge in [0, 0.05) is 12.4 Å². The number of aliphatic carboxylic acids is 1. The van der Waals surface area contributed by atoms with Gasteiger partial charge in [-0.05, 0) is 18.4 Å². The molecule has 0 spiro atoms. The number of aromatic nitrogens is 2. The van der Waals surface area contributed by atoms with Crippen LogP contribution in [0.3, 0.4) is 0 Å². The Bertz CT molecular complexity index is 386. The lowest BCUT2D eigenvalue weighted by atomic mass is 10.2. The van der Waals surface area contributed by atoms with Crippen molar-refractivity contribution in [1.82, 2.24) is 15.3 Å².